The fourth-order valence-electron chi connectivity index (χ4n) is 1.46. The second kappa shape index (κ2) is 4.82. The lowest BCUT2D eigenvalue weighted by Gasteiger charge is -2.25. The minimum Gasteiger partial charge on any atom is -0.374 e. The van der Waals surface area contributed by atoms with Crippen LogP contribution < -0.4 is 0 Å². The molecule has 0 aromatic heterocycles. The van der Waals surface area contributed by atoms with Crippen molar-refractivity contribution in [3.8, 4) is 0 Å². The second-order valence-electron chi connectivity index (χ2n) is 3.76. The quantitative estimate of drug-likeness (QED) is 0.422. The molecule has 0 saturated heterocycles. The summed E-state index contributed by atoms with van der Waals surface area (Å²) < 4.78 is 5.41. The first-order chi connectivity index (χ1) is 7.11. The summed E-state index contributed by atoms with van der Waals surface area (Å²) in [5.41, 5.74) is 10.0. The van der Waals surface area contributed by atoms with Crippen LogP contribution in [0, 0.1) is 0 Å². The Morgan fingerprint density at radius 1 is 1.40 bits per heavy atom. The van der Waals surface area contributed by atoms with E-state index in [0.29, 0.717) is 6.54 Å². The van der Waals surface area contributed by atoms with Crippen LogP contribution in [0.4, 0.5) is 0 Å². The Morgan fingerprint density at radius 3 is 2.67 bits per heavy atom. The van der Waals surface area contributed by atoms with Crippen LogP contribution in [0.3, 0.4) is 0 Å². The van der Waals surface area contributed by atoms with Gasteiger partial charge in [-0.3, -0.25) is 0 Å². The molecule has 0 unspecified atom stereocenters. The summed E-state index contributed by atoms with van der Waals surface area (Å²) in [6.45, 7) is 4.34. The van der Waals surface area contributed by atoms with Gasteiger partial charge >= 0.3 is 0 Å². The van der Waals surface area contributed by atoms with E-state index in [1.54, 1.807) is 7.11 Å². The standard InChI is InChI=1S/C11H15N3O/c1-11(2,15-3)10-7-5-4-6-9(10)8-13-14-12/h4-7H,8H2,1-3H3. The molecule has 4 nitrogen and oxygen atoms in total. The summed E-state index contributed by atoms with van der Waals surface area (Å²) in [6, 6.07) is 7.82. The van der Waals surface area contributed by atoms with Gasteiger partial charge in [-0.05, 0) is 30.5 Å². The van der Waals surface area contributed by atoms with Crippen molar-refractivity contribution in [2.24, 2.45) is 5.11 Å². The summed E-state index contributed by atoms with van der Waals surface area (Å²) in [4.78, 5) is 2.76. The van der Waals surface area contributed by atoms with Gasteiger partial charge in [0.2, 0.25) is 0 Å². The number of hydrogen-bond acceptors (Lipinski definition) is 2. The van der Waals surface area contributed by atoms with Crippen LogP contribution in [0.1, 0.15) is 25.0 Å². The molecule has 80 valence electrons. The van der Waals surface area contributed by atoms with Crippen molar-refractivity contribution >= 4 is 0 Å². The first-order valence-electron chi connectivity index (χ1n) is 4.76. The highest BCUT2D eigenvalue weighted by Gasteiger charge is 2.21. The Kier molecular flexibility index (Phi) is 3.72. The molecule has 0 fully saturated rings. The van der Waals surface area contributed by atoms with E-state index in [9.17, 15) is 0 Å². The van der Waals surface area contributed by atoms with Gasteiger partial charge in [0.15, 0.2) is 0 Å². The zero-order valence-corrected chi connectivity index (χ0v) is 9.27. The molecule has 0 N–H and O–H groups in total. The zero-order chi connectivity index (χ0) is 11.3. The average Bonchev–Trinajstić information content (AvgIpc) is 2.26. The van der Waals surface area contributed by atoms with Crippen LogP contribution >= 0.6 is 0 Å². The zero-order valence-electron chi connectivity index (χ0n) is 9.27. The van der Waals surface area contributed by atoms with Crippen LogP contribution in [-0.4, -0.2) is 7.11 Å². The normalized spacial score (nSPS) is 10.9. The minimum absolute atomic E-state index is 0.360. The van der Waals surface area contributed by atoms with Crippen molar-refractivity contribution in [3.05, 3.63) is 45.8 Å². The van der Waals surface area contributed by atoms with Crippen molar-refractivity contribution in [1.29, 1.82) is 0 Å². The van der Waals surface area contributed by atoms with Crippen LogP contribution in [-0.2, 0) is 16.9 Å². The van der Waals surface area contributed by atoms with E-state index in [1.165, 1.54) is 0 Å². The van der Waals surface area contributed by atoms with Gasteiger partial charge in [-0.15, -0.1) is 0 Å². The molecular weight excluding hydrogens is 190 g/mol. The third-order valence-corrected chi connectivity index (χ3v) is 2.48. The monoisotopic (exact) mass is 205 g/mol. The van der Waals surface area contributed by atoms with Crippen molar-refractivity contribution < 1.29 is 4.74 Å². The molecule has 0 heterocycles. The van der Waals surface area contributed by atoms with E-state index >= 15 is 0 Å². The SMILES string of the molecule is COC(C)(C)c1ccccc1CN=[N+]=[N-]. The van der Waals surface area contributed by atoms with Gasteiger partial charge in [-0.1, -0.05) is 29.4 Å². The minimum atomic E-state index is -0.360. The van der Waals surface area contributed by atoms with Crippen LogP contribution in [0.15, 0.2) is 29.4 Å². The van der Waals surface area contributed by atoms with Crippen molar-refractivity contribution in [2.75, 3.05) is 7.11 Å². The van der Waals surface area contributed by atoms with E-state index in [4.69, 9.17) is 10.3 Å². The van der Waals surface area contributed by atoms with E-state index in [2.05, 4.69) is 10.0 Å². The smallest absolute Gasteiger partial charge is 0.0874 e. The summed E-state index contributed by atoms with van der Waals surface area (Å²) >= 11 is 0. The van der Waals surface area contributed by atoms with Gasteiger partial charge in [-0.2, -0.15) is 0 Å². The maximum Gasteiger partial charge on any atom is 0.0874 e. The lowest BCUT2D eigenvalue weighted by atomic mass is 9.93. The largest absolute Gasteiger partial charge is 0.374 e. The van der Waals surface area contributed by atoms with Crippen LogP contribution in [0.5, 0.6) is 0 Å². The molecule has 0 saturated carbocycles. The molecule has 1 aromatic rings. The highest BCUT2D eigenvalue weighted by atomic mass is 16.5. The predicted octanol–water partition coefficient (Wildman–Crippen LogP) is 3.38. The molecule has 0 spiro atoms. The van der Waals surface area contributed by atoms with Gasteiger partial charge < -0.3 is 4.74 Å². The van der Waals surface area contributed by atoms with Gasteiger partial charge in [0.25, 0.3) is 0 Å². The Labute approximate surface area is 89.5 Å². The Bertz CT molecular complexity index is 381. The molecule has 0 atom stereocenters. The molecule has 0 bridgehead atoms. The Morgan fingerprint density at radius 2 is 2.07 bits per heavy atom. The van der Waals surface area contributed by atoms with E-state index < -0.39 is 0 Å². The molecule has 0 amide bonds. The van der Waals surface area contributed by atoms with Gasteiger partial charge in [0.1, 0.15) is 0 Å². The third-order valence-electron chi connectivity index (χ3n) is 2.48. The van der Waals surface area contributed by atoms with Gasteiger partial charge in [0.05, 0.1) is 12.1 Å². The van der Waals surface area contributed by atoms with Crippen molar-refractivity contribution in [1.82, 2.24) is 0 Å². The fraction of sp³-hybridized carbons (Fsp3) is 0.455. The molecule has 1 aromatic carbocycles. The molecular formula is C11H15N3O. The van der Waals surface area contributed by atoms with E-state index in [-0.39, 0.29) is 5.60 Å². The number of nitrogens with zero attached hydrogens (tertiary/aromatic N) is 3. The number of azide groups is 1. The molecule has 0 aliphatic rings. The second-order valence-corrected chi connectivity index (χ2v) is 3.76. The molecule has 4 heteroatoms. The highest BCUT2D eigenvalue weighted by molar-refractivity contribution is 5.31. The van der Waals surface area contributed by atoms with E-state index in [0.717, 1.165) is 11.1 Å². The number of ether oxygens (including phenoxy) is 1. The summed E-state index contributed by atoms with van der Waals surface area (Å²) in [7, 11) is 1.67. The first-order valence-corrected chi connectivity index (χ1v) is 4.76. The lowest BCUT2D eigenvalue weighted by Crippen LogP contribution is -2.21. The fourth-order valence-corrected chi connectivity index (χ4v) is 1.46. The summed E-state index contributed by atoms with van der Waals surface area (Å²) in [6.07, 6.45) is 0. The number of hydrogen-bond donors (Lipinski definition) is 0. The summed E-state index contributed by atoms with van der Waals surface area (Å²) in [5, 5.41) is 3.58. The summed E-state index contributed by atoms with van der Waals surface area (Å²) in [5.74, 6) is 0. The van der Waals surface area contributed by atoms with Crippen molar-refractivity contribution in [3.63, 3.8) is 0 Å². The van der Waals surface area contributed by atoms with Gasteiger partial charge in [0, 0.05) is 12.0 Å². The van der Waals surface area contributed by atoms with Gasteiger partial charge in [-0.25, -0.2) is 0 Å². The molecule has 0 aliphatic carbocycles. The Balaban J connectivity index is 3.11. The molecule has 0 radical (unpaired) electrons. The van der Waals surface area contributed by atoms with E-state index in [1.807, 2.05) is 38.1 Å². The number of benzene rings is 1. The van der Waals surface area contributed by atoms with Crippen LogP contribution in [0.2, 0.25) is 0 Å². The van der Waals surface area contributed by atoms with Crippen molar-refractivity contribution in [2.45, 2.75) is 26.0 Å². The maximum absolute atomic E-state index is 8.31. The Hall–Kier alpha value is -1.51. The maximum atomic E-state index is 8.31. The van der Waals surface area contributed by atoms with Crippen LogP contribution in [0.25, 0.3) is 10.4 Å². The predicted molar refractivity (Wildman–Crippen MR) is 59.3 cm³/mol. The first kappa shape index (κ1) is 11.6. The molecule has 0 aliphatic heterocycles. The third kappa shape index (κ3) is 2.72. The number of rotatable bonds is 4. The molecule has 1 rings (SSSR count). The average molecular weight is 205 g/mol. The topological polar surface area (TPSA) is 58.0 Å². The highest BCUT2D eigenvalue weighted by Crippen LogP contribution is 2.27. The lowest BCUT2D eigenvalue weighted by molar-refractivity contribution is 0.0185. The molecule has 15 heavy (non-hydrogen) atoms. The number of methoxy groups -OCH3 is 1.